The van der Waals surface area contributed by atoms with Crippen LogP contribution in [0.2, 0.25) is 10.0 Å². The molecule has 1 rings (SSSR count). The smallest absolute Gasteiger partial charge is 0.208 e. The Morgan fingerprint density at radius 1 is 1.24 bits per heavy atom. The molecule has 0 fully saturated rings. The van der Waals surface area contributed by atoms with Gasteiger partial charge in [0.25, 0.3) is 0 Å². The summed E-state index contributed by atoms with van der Waals surface area (Å²) in [5, 5.41) is 0.521. The predicted molar refractivity (Wildman–Crippen MR) is 71.2 cm³/mol. The summed E-state index contributed by atoms with van der Waals surface area (Å²) in [6.07, 6.45) is 1.46. The van der Waals surface area contributed by atoms with Crippen molar-refractivity contribution in [2.24, 2.45) is 0 Å². The molecule has 0 atom stereocenters. The van der Waals surface area contributed by atoms with Crippen molar-refractivity contribution < 1.29 is 8.42 Å². The zero-order valence-corrected chi connectivity index (χ0v) is 12.0. The van der Waals surface area contributed by atoms with Crippen LogP contribution in [0.3, 0.4) is 0 Å². The fourth-order valence-electron chi connectivity index (χ4n) is 1.42. The third kappa shape index (κ3) is 3.85. The average Bonchev–Trinajstić information content (AvgIpc) is 2.29. The summed E-state index contributed by atoms with van der Waals surface area (Å²) in [5.41, 5.74) is 0. The van der Waals surface area contributed by atoms with Crippen molar-refractivity contribution in [3.05, 3.63) is 28.2 Å². The van der Waals surface area contributed by atoms with Gasteiger partial charge in [0.2, 0.25) is 10.0 Å². The minimum Gasteiger partial charge on any atom is -0.208 e. The summed E-state index contributed by atoms with van der Waals surface area (Å²) in [6.45, 7) is 3.85. The first-order valence-corrected chi connectivity index (χ1v) is 7.62. The summed E-state index contributed by atoms with van der Waals surface area (Å²) in [5.74, 6) is 0. The van der Waals surface area contributed by atoms with E-state index < -0.39 is 10.0 Å². The fourth-order valence-corrected chi connectivity index (χ4v) is 3.59. The van der Waals surface area contributed by atoms with Gasteiger partial charge in [0.15, 0.2) is 0 Å². The fraction of sp³-hybridized carbons (Fsp3) is 0.455. The van der Waals surface area contributed by atoms with E-state index >= 15 is 0 Å². The Balaban J connectivity index is 3.09. The standard InChI is InChI=1S/C11H15Cl2NO2S/c1-3-9(4-2)14-17(15,16)11-7-8(12)5-6-10(11)13/h5-7,9,14H,3-4H2,1-2H3. The molecule has 0 radical (unpaired) electrons. The van der Waals surface area contributed by atoms with E-state index in [1.165, 1.54) is 12.1 Å². The Morgan fingerprint density at radius 2 is 1.82 bits per heavy atom. The van der Waals surface area contributed by atoms with Crippen molar-refractivity contribution in [2.45, 2.75) is 37.6 Å². The maximum Gasteiger partial charge on any atom is 0.242 e. The highest BCUT2D eigenvalue weighted by atomic mass is 35.5. The van der Waals surface area contributed by atoms with Gasteiger partial charge in [-0.25, -0.2) is 13.1 Å². The SMILES string of the molecule is CCC(CC)NS(=O)(=O)c1cc(Cl)ccc1Cl. The summed E-state index contributed by atoms with van der Waals surface area (Å²) < 4.78 is 26.8. The Kier molecular flexibility index (Phi) is 5.25. The van der Waals surface area contributed by atoms with E-state index in [4.69, 9.17) is 23.2 Å². The molecule has 1 aromatic carbocycles. The molecule has 0 bridgehead atoms. The molecule has 0 saturated heterocycles. The second-order valence-corrected chi connectivity index (χ2v) is 6.24. The van der Waals surface area contributed by atoms with Crippen molar-refractivity contribution in [1.29, 1.82) is 0 Å². The van der Waals surface area contributed by atoms with Gasteiger partial charge in [-0.1, -0.05) is 37.0 Å². The molecule has 0 aliphatic rings. The van der Waals surface area contributed by atoms with E-state index in [9.17, 15) is 8.42 Å². The first-order valence-electron chi connectivity index (χ1n) is 5.38. The minimum atomic E-state index is -3.60. The van der Waals surface area contributed by atoms with Crippen molar-refractivity contribution in [2.75, 3.05) is 0 Å². The van der Waals surface area contributed by atoms with Crippen LogP contribution in [-0.2, 0) is 10.0 Å². The van der Waals surface area contributed by atoms with Crippen LogP contribution in [0, 0.1) is 0 Å². The quantitative estimate of drug-likeness (QED) is 0.904. The maximum atomic E-state index is 12.1. The molecular formula is C11H15Cl2NO2S. The van der Waals surface area contributed by atoms with Crippen LogP contribution in [0.1, 0.15) is 26.7 Å². The lowest BCUT2D eigenvalue weighted by Crippen LogP contribution is -2.34. The number of hydrogen-bond acceptors (Lipinski definition) is 2. The number of nitrogens with one attached hydrogen (secondary N) is 1. The van der Waals surface area contributed by atoms with Crippen LogP contribution in [0.25, 0.3) is 0 Å². The van der Waals surface area contributed by atoms with Gasteiger partial charge in [-0.2, -0.15) is 0 Å². The predicted octanol–water partition coefficient (Wildman–Crippen LogP) is 3.46. The largest absolute Gasteiger partial charge is 0.242 e. The van der Waals surface area contributed by atoms with Gasteiger partial charge in [0.1, 0.15) is 4.90 Å². The lowest BCUT2D eigenvalue weighted by atomic mass is 10.2. The van der Waals surface area contributed by atoms with Gasteiger partial charge < -0.3 is 0 Å². The normalized spacial score (nSPS) is 12.1. The minimum absolute atomic E-state index is 0.0265. The van der Waals surface area contributed by atoms with Crippen LogP contribution in [0.5, 0.6) is 0 Å². The zero-order valence-electron chi connectivity index (χ0n) is 9.70. The Labute approximate surface area is 112 Å². The van der Waals surface area contributed by atoms with E-state index in [1.54, 1.807) is 6.07 Å². The van der Waals surface area contributed by atoms with E-state index in [2.05, 4.69) is 4.72 Å². The van der Waals surface area contributed by atoms with Gasteiger partial charge in [-0.05, 0) is 31.0 Å². The third-order valence-electron chi connectivity index (χ3n) is 2.49. The van der Waals surface area contributed by atoms with Gasteiger partial charge in [0.05, 0.1) is 5.02 Å². The van der Waals surface area contributed by atoms with Gasteiger partial charge >= 0.3 is 0 Å². The molecule has 0 aliphatic heterocycles. The van der Waals surface area contributed by atoms with Crippen molar-refractivity contribution in [1.82, 2.24) is 4.72 Å². The molecule has 17 heavy (non-hydrogen) atoms. The Bertz CT molecular complexity index is 484. The zero-order chi connectivity index (χ0) is 13.1. The molecule has 0 unspecified atom stereocenters. The first-order chi connectivity index (χ1) is 7.90. The van der Waals surface area contributed by atoms with Crippen molar-refractivity contribution in [3.8, 4) is 0 Å². The number of benzene rings is 1. The van der Waals surface area contributed by atoms with E-state index in [-0.39, 0.29) is 16.0 Å². The lowest BCUT2D eigenvalue weighted by molar-refractivity contribution is 0.530. The topological polar surface area (TPSA) is 46.2 Å². The second-order valence-electron chi connectivity index (χ2n) is 3.71. The highest BCUT2D eigenvalue weighted by Gasteiger charge is 2.21. The average molecular weight is 296 g/mol. The van der Waals surface area contributed by atoms with E-state index in [0.29, 0.717) is 5.02 Å². The summed E-state index contributed by atoms with van der Waals surface area (Å²) in [4.78, 5) is 0.0265. The molecule has 0 amide bonds. The Hall–Kier alpha value is -0.290. The molecule has 3 nitrogen and oxygen atoms in total. The number of halogens is 2. The molecule has 0 aromatic heterocycles. The number of sulfonamides is 1. The lowest BCUT2D eigenvalue weighted by Gasteiger charge is -2.15. The summed E-state index contributed by atoms with van der Waals surface area (Å²) in [7, 11) is -3.60. The van der Waals surface area contributed by atoms with Crippen LogP contribution in [0.15, 0.2) is 23.1 Å². The molecule has 96 valence electrons. The van der Waals surface area contributed by atoms with Crippen LogP contribution in [0.4, 0.5) is 0 Å². The first kappa shape index (κ1) is 14.8. The maximum absolute atomic E-state index is 12.1. The molecule has 0 aliphatic carbocycles. The molecule has 0 heterocycles. The van der Waals surface area contributed by atoms with E-state index in [1.807, 2.05) is 13.8 Å². The highest BCUT2D eigenvalue weighted by Crippen LogP contribution is 2.25. The van der Waals surface area contributed by atoms with Gasteiger partial charge in [-0.3, -0.25) is 0 Å². The van der Waals surface area contributed by atoms with Crippen molar-refractivity contribution >= 4 is 33.2 Å². The van der Waals surface area contributed by atoms with E-state index in [0.717, 1.165) is 12.8 Å². The monoisotopic (exact) mass is 295 g/mol. The van der Waals surface area contributed by atoms with Crippen LogP contribution >= 0.6 is 23.2 Å². The van der Waals surface area contributed by atoms with Gasteiger partial charge in [-0.15, -0.1) is 0 Å². The summed E-state index contributed by atoms with van der Waals surface area (Å²) >= 11 is 11.6. The summed E-state index contributed by atoms with van der Waals surface area (Å²) in [6, 6.07) is 4.30. The number of hydrogen-bond donors (Lipinski definition) is 1. The third-order valence-corrected chi connectivity index (χ3v) is 4.73. The number of rotatable bonds is 5. The Morgan fingerprint density at radius 3 is 2.35 bits per heavy atom. The highest BCUT2D eigenvalue weighted by molar-refractivity contribution is 7.89. The molecular weight excluding hydrogens is 281 g/mol. The van der Waals surface area contributed by atoms with Gasteiger partial charge in [0, 0.05) is 11.1 Å². The molecule has 0 saturated carbocycles. The molecule has 0 spiro atoms. The molecule has 1 N–H and O–H groups in total. The van der Waals surface area contributed by atoms with Crippen molar-refractivity contribution in [3.63, 3.8) is 0 Å². The second kappa shape index (κ2) is 6.05. The van der Waals surface area contributed by atoms with Crippen LogP contribution in [-0.4, -0.2) is 14.5 Å². The molecule has 1 aromatic rings. The van der Waals surface area contributed by atoms with Crippen LogP contribution < -0.4 is 4.72 Å². The molecule has 6 heteroatoms.